The third-order valence-corrected chi connectivity index (χ3v) is 3.53. The van der Waals surface area contributed by atoms with Crippen molar-refractivity contribution in [3.63, 3.8) is 0 Å². The van der Waals surface area contributed by atoms with E-state index in [9.17, 15) is 28.5 Å². The van der Waals surface area contributed by atoms with Gasteiger partial charge in [-0.25, -0.2) is 18.4 Å². The Labute approximate surface area is 155 Å². The highest BCUT2D eigenvalue weighted by molar-refractivity contribution is 6.30. The number of carbonyl (C=O) groups excluding carboxylic acids is 2. The molecule has 0 atom stereocenters. The highest BCUT2D eigenvalue weighted by Gasteiger charge is 2.20. The van der Waals surface area contributed by atoms with E-state index < -0.39 is 46.5 Å². The van der Waals surface area contributed by atoms with Gasteiger partial charge >= 0.3 is 12.1 Å². The van der Waals surface area contributed by atoms with Gasteiger partial charge in [0, 0.05) is 17.2 Å². The fraction of sp³-hybridized carbons (Fsp3) is 0.125. The molecule has 0 saturated carbocycles. The van der Waals surface area contributed by atoms with Gasteiger partial charge in [0.1, 0.15) is 6.61 Å². The second-order valence-corrected chi connectivity index (χ2v) is 5.47. The van der Waals surface area contributed by atoms with E-state index in [1.807, 2.05) is 0 Å². The molecule has 2 aromatic carbocycles. The number of halogens is 3. The molecule has 0 saturated heterocycles. The number of esters is 1. The van der Waals surface area contributed by atoms with Crippen molar-refractivity contribution in [2.45, 2.75) is 6.61 Å². The Bertz CT molecular complexity index is 922. The van der Waals surface area contributed by atoms with Crippen LogP contribution in [0.4, 0.5) is 25.0 Å². The van der Waals surface area contributed by atoms with Crippen LogP contribution in [0.2, 0.25) is 5.02 Å². The summed E-state index contributed by atoms with van der Waals surface area (Å²) < 4.78 is 36.0. The Morgan fingerprint density at radius 3 is 2.52 bits per heavy atom. The molecule has 0 aromatic heterocycles. The average molecular weight is 401 g/mol. The lowest BCUT2D eigenvalue weighted by molar-refractivity contribution is -0.385. The van der Waals surface area contributed by atoms with Gasteiger partial charge in [-0.1, -0.05) is 11.6 Å². The van der Waals surface area contributed by atoms with Gasteiger partial charge in [0.15, 0.2) is 11.6 Å². The summed E-state index contributed by atoms with van der Waals surface area (Å²) in [6, 6.07) is 4.81. The van der Waals surface area contributed by atoms with Crippen LogP contribution in [0.1, 0.15) is 15.9 Å². The van der Waals surface area contributed by atoms with E-state index in [1.54, 1.807) is 0 Å². The molecule has 1 amide bonds. The van der Waals surface area contributed by atoms with Crippen LogP contribution >= 0.6 is 11.6 Å². The zero-order chi connectivity index (χ0) is 20.1. The van der Waals surface area contributed by atoms with Crippen LogP contribution in [0.3, 0.4) is 0 Å². The van der Waals surface area contributed by atoms with Crippen molar-refractivity contribution in [2.75, 3.05) is 12.4 Å². The minimum Gasteiger partial charge on any atom is -0.465 e. The maximum Gasteiger partial charge on any atom is 0.411 e. The van der Waals surface area contributed by atoms with Crippen LogP contribution < -0.4 is 5.32 Å². The van der Waals surface area contributed by atoms with Crippen molar-refractivity contribution in [1.82, 2.24) is 0 Å². The quantitative estimate of drug-likeness (QED) is 0.460. The molecule has 0 spiro atoms. The third kappa shape index (κ3) is 4.88. The number of nitrogens with one attached hydrogen (secondary N) is 1. The predicted octanol–water partition coefficient (Wildman–Crippen LogP) is 4.06. The summed E-state index contributed by atoms with van der Waals surface area (Å²) in [5, 5.41) is 13.2. The Kier molecular flexibility index (Phi) is 6.24. The number of hydrogen-bond donors (Lipinski definition) is 1. The van der Waals surface area contributed by atoms with E-state index in [1.165, 1.54) is 12.1 Å². The Hall–Kier alpha value is -3.27. The molecule has 2 aromatic rings. The number of anilines is 1. The Morgan fingerprint density at radius 2 is 1.89 bits per heavy atom. The van der Waals surface area contributed by atoms with Crippen molar-refractivity contribution in [3.8, 4) is 0 Å². The van der Waals surface area contributed by atoms with Crippen LogP contribution in [0.15, 0.2) is 30.3 Å². The normalized spacial score (nSPS) is 10.2. The highest BCUT2D eigenvalue weighted by Crippen LogP contribution is 2.24. The Balaban J connectivity index is 2.18. The van der Waals surface area contributed by atoms with Crippen LogP contribution in [-0.2, 0) is 16.1 Å². The van der Waals surface area contributed by atoms with E-state index in [0.29, 0.717) is 12.1 Å². The van der Waals surface area contributed by atoms with E-state index in [4.69, 9.17) is 16.3 Å². The molecule has 27 heavy (non-hydrogen) atoms. The molecule has 0 aliphatic carbocycles. The fourth-order valence-electron chi connectivity index (χ4n) is 2.07. The maximum atomic E-state index is 13.4. The molecule has 0 fully saturated rings. The average Bonchev–Trinajstić information content (AvgIpc) is 2.62. The highest BCUT2D eigenvalue weighted by atomic mass is 35.5. The van der Waals surface area contributed by atoms with E-state index in [0.717, 1.165) is 13.2 Å². The molecule has 11 heteroatoms. The zero-order valence-electron chi connectivity index (χ0n) is 13.6. The van der Waals surface area contributed by atoms with Gasteiger partial charge in [0.2, 0.25) is 0 Å². The number of amides is 1. The monoisotopic (exact) mass is 400 g/mol. The number of carbonyl (C=O) groups is 2. The summed E-state index contributed by atoms with van der Waals surface area (Å²) in [4.78, 5) is 33.8. The van der Waals surface area contributed by atoms with Crippen molar-refractivity contribution < 1.29 is 32.8 Å². The summed E-state index contributed by atoms with van der Waals surface area (Å²) in [5.41, 5.74) is -1.15. The minimum absolute atomic E-state index is 0.0149. The van der Waals surface area contributed by atoms with Gasteiger partial charge in [0.05, 0.1) is 28.8 Å². The zero-order valence-corrected chi connectivity index (χ0v) is 14.4. The second kappa shape index (κ2) is 8.41. The molecule has 142 valence electrons. The van der Waals surface area contributed by atoms with Crippen LogP contribution in [0, 0.1) is 21.7 Å². The topological polar surface area (TPSA) is 108 Å². The lowest BCUT2D eigenvalue weighted by atomic mass is 10.1. The number of nitrogens with zero attached hydrogens (tertiary/aromatic N) is 1. The molecule has 2 rings (SSSR count). The lowest BCUT2D eigenvalue weighted by Gasteiger charge is -2.11. The van der Waals surface area contributed by atoms with Crippen LogP contribution in [-0.4, -0.2) is 24.1 Å². The van der Waals surface area contributed by atoms with Crippen molar-refractivity contribution in [3.05, 3.63) is 68.2 Å². The molecule has 0 aliphatic rings. The lowest BCUT2D eigenvalue weighted by Crippen LogP contribution is -2.17. The predicted molar refractivity (Wildman–Crippen MR) is 89.6 cm³/mol. The molecular formula is C16H11ClF2N2O6. The van der Waals surface area contributed by atoms with Gasteiger partial charge in [-0.3, -0.25) is 15.4 Å². The SMILES string of the molecule is COC(=O)c1cc(F)c(F)cc1NC(=O)OCc1cc(Cl)ccc1[N+](=O)[O-]. The maximum absolute atomic E-state index is 13.4. The molecule has 0 bridgehead atoms. The second-order valence-electron chi connectivity index (χ2n) is 5.03. The molecule has 1 N–H and O–H groups in total. The van der Waals surface area contributed by atoms with Crippen molar-refractivity contribution in [1.29, 1.82) is 0 Å². The van der Waals surface area contributed by atoms with Crippen molar-refractivity contribution in [2.24, 2.45) is 0 Å². The van der Waals surface area contributed by atoms with Gasteiger partial charge in [-0.2, -0.15) is 0 Å². The smallest absolute Gasteiger partial charge is 0.411 e. The molecule has 0 heterocycles. The van der Waals surface area contributed by atoms with E-state index in [-0.39, 0.29) is 16.3 Å². The van der Waals surface area contributed by atoms with Crippen molar-refractivity contribution >= 4 is 35.0 Å². The summed E-state index contributed by atoms with van der Waals surface area (Å²) in [5.74, 6) is -3.65. The van der Waals surface area contributed by atoms with Gasteiger partial charge in [-0.05, 0) is 18.2 Å². The van der Waals surface area contributed by atoms with Crippen LogP contribution in [0.5, 0.6) is 0 Å². The Morgan fingerprint density at radius 1 is 1.22 bits per heavy atom. The molecule has 0 radical (unpaired) electrons. The third-order valence-electron chi connectivity index (χ3n) is 3.30. The van der Waals surface area contributed by atoms with E-state index in [2.05, 4.69) is 10.1 Å². The molecular weight excluding hydrogens is 390 g/mol. The summed E-state index contributed by atoms with van der Waals surface area (Å²) in [7, 11) is 1.02. The first-order valence-electron chi connectivity index (χ1n) is 7.17. The van der Waals surface area contributed by atoms with Gasteiger partial charge in [0.25, 0.3) is 5.69 Å². The molecule has 8 nitrogen and oxygen atoms in total. The van der Waals surface area contributed by atoms with Gasteiger partial charge < -0.3 is 9.47 Å². The number of ether oxygens (including phenoxy) is 2. The molecule has 0 unspecified atom stereocenters. The van der Waals surface area contributed by atoms with Gasteiger partial charge in [-0.15, -0.1) is 0 Å². The molecule has 0 aliphatic heterocycles. The van der Waals surface area contributed by atoms with Crippen LogP contribution in [0.25, 0.3) is 0 Å². The first-order chi connectivity index (χ1) is 12.7. The largest absolute Gasteiger partial charge is 0.465 e. The number of nitro benzene ring substituents is 1. The standard InChI is InChI=1S/C16H11ClF2N2O6/c1-26-15(22)10-5-11(18)12(19)6-13(10)20-16(23)27-7-8-4-9(17)2-3-14(8)21(24)25/h2-6H,7H2,1H3,(H,20,23). The number of methoxy groups -OCH3 is 1. The summed E-state index contributed by atoms with van der Waals surface area (Å²) in [6.07, 6.45) is -1.17. The number of benzene rings is 2. The first kappa shape index (κ1) is 20.0. The first-order valence-corrected chi connectivity index (χ1v) is 7.54. The number of hydrogen-bond acceptors (Lipinski definition) is 6. The fourth-order valence-corrected chi connectivity index (χ4v) is 2.26. The number of rotatable bonds is 5. The minimum atomic E-state index is -1.32. The van der Waals surface area contributed by atoms with E-state index >= 15 is 0 Å². The number of nitro groups is 1. The summed E-state index contributed by atoms with van der Waals surface area (Å²) in [6.45, 7) is -0.528. The summed E-state index contributed by atoms with van der Waals surface area (Å²) >= 11 is 5.76.